The average molecular weight is 263 g/mol. The molecule has 0 radical (unpaired) electrons. The molecule has 1 aromatic rings. The molecule has 0 aromatic heterocycles. The van der Waals surface area contributed by atoms with Crippen LogP contribution in [0.15, 0.2) is 30.3 Å². The molecule has 0 unspecified atom stereocenters. The minimum atomic E-state index is -1.30. The van der Waals surface area contributed by atoms with Gasteiger partial charge in [0.1, 0.15) is 0 Å². The van der Waals surface area contributed by atoms with E-state index in [2.05, 4.69) is 29.1 Å². The van der Waals surface area contributed by atoms with Gasteiger partial charge in [0, 0.05) is 0 Å². The first-order chi connectivity index (χ1) is 4.79. The second kappa shape index (κ2) is 4.26. The van der Waals surface area contributed by atoms with Gasteiger partial charge in [-0.15, -0.1) is 0 Å². The Kier molecular flexibility index (Phi) is 3.59. The van der Waals surface area contributed by atoms with E-state index < -0.39 is 19.1 Å². The Bertz CT molecular complexity index is 184. The maximum absolute atomic E-state index is 6.00. The molecule has 2 heteroatoms. The summed E-state index contributed by atoms with van der Waals surface area (Å²) in [6, 6.07) is 10.5. The number of benzene rings is 1. The Morgan fingerprint density at radius 3 is 2.40 bits per heavy atom. The fourth-order valence-corrected chi connectivity index (χ4v) is 3.80. The predicted octanol–water partition coefficient (Wildman–Crippen LogP) is 2.63. The molecular formula is C8H10ClSb. The molecule has 0 spiro atoms. The van der Waals surface area contributed by atoms with E-state index >= 15 is 0 Å². The summed E-state index contributed by atoms with van der Waals surface area (Å²) in [6.07, 6.45) is 0. The molecule has 0 fully saturated rings. The molecule has 1 rings (SSSR count). The van der Waals surface area contributed by atoms with Crippen LogP contribution >= 0.6 is 8.83 Å². The first kappa shape index (κ1) is 8.43. The van der Waals surface area contributed by atoms with E-state index in [0.29, 0.717) is 0 Å². The van der Waals surface area contributed by atoms with Gasteiger partial charge in [0.25, 0.3) is 0 Å². The van der Waals surface area contributed by atoms with Crippen LogP contribution in [0, 0.1) is 0 Å². The molecule has 0 bridgehead atoms. The summed E-state index contributed by atoms with van der Waals surface area (Å²) < 4.78 is 1.14. The normalized spacial score (nSPS) is 10.3. The number of rotatable bonds is 2. The molecule has 0 atom stereocenters. The average Bonchev–Trinajstić information content (AvgIpc) is 1.88. The summed E-state index contributed by atoms with van der Waals surface area (Å²) in [5.74, 6) is 0. The minimum absolute atomic E-state index is 1.14. The van der Waals surface area contributed by atoms with Gasteiger partial charge in [-0.2, -0.15) is 0 Å². The van der Waals surface area contributed by atoms with Gasteiger partial charge < -0.3 is 0 Å². The van der Waals surface area contributed by atoms with Gasteiger partial charge in [0.05, 0.1) is 0 Å². The SMILES string of the molecule is [CH3][Sb]([Cl])[CH2]c1ccccc1. The summed E-state index contributed by atoms with van der Waals surface area (Å²) in [4.78, 5) is 2.19. The molecule has 0 amide bonds. The van der Waals surface area contributed by atoms with Crippen molar-refractivity contribution >= 4 is 27.9 Å². The van der Waals surface area contributed by atoms with Crippen LogP contribution in [0.3, 0.4) is 0 Å². The van der Waals surface area contributed by atoms with Gasteiger partial charge in [-0.25, -0.2) is 0 Å². The summed E-state index contributed by atoms with van der Waals surface area (Å²) in [7, 11) is 6.00. The molecule has 0 aliphatic carbocycles. The molecule has 1 aromatic carbocycles. The molecule has 10 heavy (non-hydrogen) atoms. The third-order valence-corrected chi connectivity index (χ3v) is 4.33. The van der Waals surface area contributed by atoms with E-state index in [4.69, 9.17) is 8.83 Å². The van der Waals surface area contributed by atoms with Gasteiger partial charge in [-0.1, -0.05) is 0 Å². The Hall–Kier alpha value is 0.328. The Labute approximate surface area is 72.8 Å². The molecule has 0 aliphatic heterocycles. The van der Waals surface area contributed by atoms with E-state index in [1.165, 1.54) is 5.56 Å². The number of hydrogen-bond acceptors (Lipinski definition) is 0. The van der Waals surface area contributed by atoms with Gasteiger partial charge in [-0.05, 0) is 0 Å². The molecule has 0 saturated carbocycles. The van der Waals surface area contributed by atoms with E-state index in [-0.39, 0.29) is 0 Å². The second-order valence-corrected chi connectivity index (χ2v) is 10.5. The van der Waals surface area contributed by atoms with E-state index in [1.807, 2.05) is 6.07 Å². The van der Waals surface area contributed by atoms with Crippen molar-refractivity contribution in [3.8, 4) is 0 Å². The van der Waals surface area contributed by atoms with Crippen molar-refractivity contribution in [1.29, 1.82) is 0 Å². The van der Waals surface area contributed by atoms with Crippen LogP contribution in [0.1, 0.15) is 5.56 Å². The third kappa shape index (κ3) is 2.94. The second-order valence-electron chi connectivity index (χ2n) is 2.25. The van der Waals surface area contributed by atoms with Crippen molar-refractivity contribution in [2.75, 3.05) is 0 Å². The predicted molar refractivity (Wildman–Crippen MR) is 47.6 cm³/mol. The molecule has 0 aliphatic rings. The van der Waals surface area contributed by atoms with Crippen molar-refractivity contribution in [1.82, 2.24) is 0 Å². The Morgan fingerprint density at radius 1 is 1.30 bits per heavy atom. The van der Waals surface area contributed by atoms with Crippen LogP contribution in [0.25, 0.3) is 0 Å². The first-order valence-electron chi connectivity index (χ1n) is 3.20. The molecule has 0 saturated heterocycles. The van der Waals surface area contributed by atoms with Gasteiger partial charge in [-0.3, -0.25) is 0 Å². The van der Waals surface area contributed by atoms with Crippen molar-refractivity contribution < 1.29 is 0 Å². The standard InChI is InChI=1S/C7H7.CH3.ClH.Sb/c1-7-5-3-2-4-6-7;;;/h2-6H,1H2;1H3;1H;/q;;;+1/p-1. The van der Waals surface area contributed by atoms with Crippen molar-refractivity contribution in [3.63, 3.8) is 0 Å². The van der Waals surface area contributed by atoms with E-state index in [0.717, 1.165) is 4.37 Å². The van der Waals surface area contributed by atoms with Gasteiger partial charge in [0.15, 0.2) is 0 Å². The maximum atomic E-state index is 6.00. The topological polar surface area (TPSA) is 0 Å². The van der Waals surface area contributed by atoms with Gasteiger partial charge in [0.2, 0.25) is 0 Å². The zero-order valence-electron chi connectivity index (χ0n) is 5.92. The van der Waals surface area contributed by atoms with Crippen LogP contribution in [0.5, 0.6) is 0 Å². The molecule has 0 heterocycles. The summed E-state index contributed by atoms with van der Waals surface area (Å²) >= 11 is -1.30. The Morgan fingerprint density at radius 2 is 1.90 bits per heavy atom. The quantitative estimate of drug-likeness (QED) is 0.720. The zero-order valence-corrected chi connectivity index (χ0v) is 9.23. The molecular weight excluding hydrogens is 253 g/mol. The third-order valence-electron chi connectivity index (χ3n) is 1.24. The number of halogens is 1. The summed E-state index contributed by atoms with van der Waals surface area (Å²) in [5.41, 5.74) is 1.39. The summed E-state index contributed by atoms with van der Waals surface area (Å²) in [5, 5.41) is 0. The van der Waals surface area contributed by atoms with Crippen molar-refractivity contribution in [2.45, 2.75) is 9.24 Å². The van der Waals surface area contributed by atoms with E-state index in [9.17, 15) is 0 Å². The van der Waals surface area contributed by atoms with Crippen LogP contribution in [0.4, 0.5) is 0 Å². The fourth-order valence-electron chi connectivity index (χ4n) is 0.835. The van der Waals surface area contributed by atoms with E-state index in [1.54, 1.807) is 0 Å². The fraction of sp³-hybridized carbons (Fsp3) is 0.250. The van der Waals surface area contributed by atoms with Crippen molar-refractivity contribution in [3.05, 3.63) is 35.9 Å². The first-order valence-corrected chi connectivity index (χ1v) is 10.8. The summed E-state index contributed by atoms with van der Waals surface area (Å²) in [6.45, 7) is 0. The van der Waals surface area contributed by atoms with Crippen LogP contribution in [-0.4, -0.2) is 19.1 Å². The van der Waals surface area contributed by atoms with Crippen LogP contribution in [-0.2, 0) is 4.37 Å². The molecule has 54 valence electrons. The molecule has 0 N–H and O–H groups in total. The zero-order chi connectivity index (χ0) is 7.40. The van der Waals surface area contributed by atoms with Crippen LogP contribution < -0.4 is 0 Å². The number of hydrogen-bond donors (Lipinski definition) is 0. The van der Waals surface area contributed by atoms with Crippen molar-refractivity contribution in [2.24, 2.45) is 0 Å². The van der Waals surface area contributed by atoms with Crippen LogP contribution in [0.2, 0.25) is 4.87 Å². The molecule has 0 nitrogen and oxygen atoms in total. The Balaban J connectivity index is 2.59. The van der Waals surface area contributed by atoms with Gasteiger partial charge >= 0.3 is 73.0 Å². The monoisotopic (exact) mass is 262 g/mol.